The lowest BCUT2D eigenvalue weighted by molar-refractivity contribution is -0.274. The van der Waals surface area contributed by atoms with E-state index in [4.69, 9.17) is 4.74 Å². The Balaban J connectivity index is 1.48. The molecule has 0 fully saturated rings. The van der Waals surface area contributed by atoms with E-state index in [0.29, 0.717) is 23.4 Å². The van der Waals surface area contributed by atoms with Gasteiger partial charge in [0.25, 0.3) is 5.91 Å². The maximum atomic E-state index is 13.1. The van der Waals surface area contributed by atoms with Gasteiger partial charge in [-0.3, -0.25) is 9.78 Å². The van der Waals surface area contributed by atoms with Gasteiger partial charge in [0, 0.05) is 19.3 Å². The second-order valence-corrected chi connectivity index (χ2v) is 7.16. The number of alkyl halides is 3. The van der Waals surface area contributed by atoms with Crippen molar-refractivity contribution in [2.24, 2.45) is 0 Å². The summed E-state index contributed by atoms with van der Waals surface area (Å²) in [5, 5.41) is 0. The highest BCUT2D eigenvalue weighted by Crippen LogP contribution is 2.34. The number of hydrogen-bond acceptors (Lipinski definition) is 4. The predicted octanol–water partition coefficient (Wildman–Crippen LogP) is 5.28. The predicted molar refractivity (Wildman–Crippen MR) is 106 cm³/mol. The van der Waals surface area contributed by atoms with E-state index in [1.54, 1.807) is 17.2 Å². The molecule has 4 rings (SSSR count). The maximum absolute atomic E-state index is 13.1. The van der Waals surface area contributed by atoms with E-state index in [2.05, 4.69) is 9.72 Å². The molecule has 2 aromatic carbocycles. The van der Waals surface area contributed by atoms with Gasteiger partial charge in [-0.15, -0.1) is 13.2 Å². The quantitative estimate of drug-likeness (QED) is 0.536. The van der Waals surface area contributed by atoms with Gasteiger partial charge in [0.1, 0.15) is 17.6 Å². The number of hydrogen-bond donors (Lipinski definition) is 0. The van der Waals surface area contributed by atoms with Crippen molar-refractivity contribution in [3.05, 3.63) is 89.2 Å². The van der Waals surface area contributed by atoms with Gasteiger partial charge in [-0.05, 0) is 48.4 Å². The van der Waals surface area contributed by atoms with Crippen LogP contribution in [0.2, 0.25) is 0 Å². The zero-order valence-electron chi connectivity index (χ0n) is 16.6. The Hall–Kier alpha value is -3.55. The van der Waals surface area contributed by atoms with Crippen LogP contribution in [0.4, 0.5) is 13.2 Å². The highest BCUT2D eigenvalue weighted by atomic mass is 19.4. The van der Waals surface area contributed by atoms with Gasteiger partial charge >= 0.3 is 6.36 Å². The Labute approximate surface area is 177 Å². The number of aromatic nitrogens is 1. The van der Waals surface area contributed by atoms with Gasteiger partial charge in [0.15, 0.2) is 0 Å². The van der Waals surface area contributed by atoms with E-state index in [-0.39, 0.29) is 24.3 Å². The molecule has 160 valence electrons. The van der Waals surface area contributed by atoms with Crippen LogP contribution in [0.15, 0.2) is 66.9 Å². The number of ether oxygens (including phenoxy) is 2. The van der Waals surface area contributed by atoms with Crippen LogP contribution in [0, 0.1) is 0 Å². The van der Waals surface area contributed by atoms with Crippen molar-refractivity contribution in [3.8, 4) is 11.5 Å². The highest BCUT2D eigenvalue weighted by Gasteiger charge is 2.32. The Morgan fingerprint density at radius 1 is 1.06 bits per heavy atom. The van der Waals surface area contributed by atoms with Crippen molar-refractivity contribution < 1.29 is 27.4 Å². The lowest BCUT2D eigenvalue weighted by atomic mass is 10.1. The van der Waals surface area contributed by atoms with Gasteiger partial charge in [-0.2, -0.15) is 0 Å². The Morgan fingerprint density at radius 3 is 2.52 bits per heavy atom. The van der Waals surface area contributed by atoms with Crippen molar-refractivity contribution in [3.63, 3.8) is 0 Å². The first-order chi connectivity index (χ1) is 14.8. The molecule has 0 saturated carbocycles. The van der Waals surface area contributed by atoms with Gasteiger partial charge in [0.05, 0.1) is 11.3 Å². The fraction of sp³-hybridized carbons (Fsp3) is 0.217. The van der Waals surface area contributed by atoms with Gasteiger partial charge in [-0.1, -0.05) is 30.3 Å². The van der Waals surface area contributed by atoms with Crippen molar-refractivity contribution in [1.29, 1.82) is 0 Å². The third kappa shape index (κ3) is 4.79. The molecule has 3 aromatic rings. The van der Waals surface area contributed by atoms with Crippen LogP contribution in [0.1, 0.15) is 40.2 Å². The number of benzene rings is 2. The summed E-state index contributed by atoms with van der Waals surface area (Å²) >= 11 is 0. The molecule has 31 heavy (non-hydrogen) atoms. The van der Waals surface area contributed by atoms with Gasteiger partial charge < -0.3 is 14.4 Å². The largest absolute Gasteiger partial charge is 0.573 e. The van der Waals surface area contributed by atoms with E-state index in [1.807, 2.05) is 37.3 Å². The minimum Gasteiger partial charge on any atom is -0.484 e. The molecule has 0 spiro atoms. The number of amides is 1. The van der Waals surface area contributed by atoms with E-state index in [1.165, 1.54) is 24.3 Å². The minimum absolute atomic E-state index is 0.186. The average Bonchev–Trinajstić information content (AvgIpc) is 3.05. The molecule has 8 heteroatoms. The summed E-state index contributed by atoms with van der Waals surface area (Å²) in [4.78, 5) is 19.0. The number of pyridine rings is 1. The topological polar surface area (TPSA) is 51.7 Å². The molecule has 1 aromatic heterocycles. The molecule has 0 aliphatic carbocycles. The highest BCUT2D eigenvalue weighted by molar-refractivity contribution is 6.01. The lowest BCUT2D eigenvalue weighted by Crippen LogP contribution is -2.23. The van der Waals surface area contributed by atoms with Crippen LogP contribution in [-0.2, 0) is 13.1 Å². The normalized spacial score (nSPS) is 14.3. The van der Waals surface area contributed by atoms with Gasteiger partial charge in [0.2, 0.25) is 0 Å². The monoisotopic (exact) mass is 428 g/mol. The third-order valence-electron chi connectivity index (χ3n) is 4.91. The van der Waals surface area contributed by atoms with Gasteiger partial charge in [-0.25, -0.2) is 0 Å². The van der Waals surface area contributed by atoms with E-state index in [0.717, 1.165) is 11.3 Å². The van der Waals surface area contributed by atoms with Crippen molar-refractivity contribution in [2.75, 3.05) is 0 Å². The van der Waals surface area contributed by atoms with Crippen LogP contribution in [0.3, 0.4) is 0 Å². The molecule has 1 aliphatic heterocycles. The minimum atomic E-state index is -4.74. The fourth-order valence-electron chi connectivity index (χ4n) is 3.50. The number of fused-ring (bicyclic) bond motifs is 1. The summed E-state index contributed by atoms with van der Waals surface area (Å²) in [5.41, 5.74) is 2.79. The van der Waals surface area contributed by atoms with E-state index in [9.17, 15) is 18.0 Å². The number of nitrogens with zero attached hydrogens (tertiary/aromatic N) is 2. The number of rotatable bonds is 6. The average molecular weight is 428 g/mol. The molecular formula is C23H19F3N2O3. The molecule has 5 nitrogen and oxygen atoms in total. The molecule has 0 bridgehead atoms. The van der Waals surface area contributed by atoms with Crippen LogP contribution >= 0.6 is 0 Å². The Bertz CT molecular complexity index is 1070. The first kappa shape index (κ1) is 20.7. The smallest absolute Gasteiger partial charge is 0.484 e. The first-order valence-corrected chi connectivity index (χ1v) is 9.63. The van der Waals surface area contributed by atoms with Crippen LogP contribution in [0.5, 0.6) is 11.5 Å². The SMILES string of the molecule is CC(Oc1cccc2c1C(=O)N(Cc1ccc(OC(F)(F)F)cc1)C2)c1ccccn1. The molecule has 2 heterocycles. The lowest BCUT2D eigenvalue weighted by Gasteiger charge is -2.18. The zero-order chi connectivity index (χ0) is 22.0. The van der Waals surface area contributed by atoms with Crippen LogP contribution < -0.4 is 9.47 Å². The number of carbonyl (C=O) groups excluding carboxylic acids is 1. The molecular weight excluding hydrogens is 409 g/mol. The van der Waals surface area contributed by atoms with E-state index >= 15 is 0 Å². The third-order valence-corrected chi connectivity index (χ3v) is 4.91. The van der Waals surface area contributed by atoms with Crippen LogP contribution in [-0.4, -0.2) is 22.2 Å². The summed E-state index contributed by atoms with van der Waals surface area (Å²) in [6.45, 7) is 2.52. The molecule has 0 N–H and O–H groups in total. The van der Waals surface area contributed by atoms with Crippen molar-refractivity contribution >= 4 is 5.91 Å². The molecule has 1 aliphatic rings. The summed E-state index contributed by atoms with van der Waals surface area (Å²) < 4.78 is 46.9. The molecule has 1 unspecified atom stereocenters. The number of halogens is 3. The Kier molecular flexibility index (Phi) is 5.54. The standard InChI is InChI=1S/C23H19F3N2O3/c1-15(19-6-2-3-12-27-19)30-20-7-4-5-17-14-28(22(29)21(17)20)13-16-8-10-18(11-9-16)31-23(24,25)26/h2-12,15H,13-14H2,1H3. The second-order valence-electron chi connectivity index (χ2n) is 7.16. The van der Waals surface area contributed by atoms with Crippen LogP contribution in [0.25, 0.3) is 0 Å². The molecule has 1 atom stereocenters. The zero-order valence-corrected chi connectivity index (χ0v) is 16.6. The summed E-state index contributed by atoms with van der Waals surface area (Å²) in [7, 11) is 0. The van der Waals surface area contributed by atoms with Crippen molar-refractivity contribution in [2.45, 2.75) is 32.5 Å². The first-order valence-electron chi connectivity index (χ1n) is 9.63. The summed E-state index contributed by atoms with van der Waals surface area (Å²) in [6, 6.07) is 16.5. The van der Waals surface area contributed by atoms with Crippen molar-refractivity contribution in [1.82, 2.24) is 9.88 Å². The summed E-state index contributed by atoms with van der Waals surface area (Å²) in [6.07, 6.45) is -3.39. The molecule has 0 saturated heterocycles. The fourth-order valence-corrected chi connectivity index (χ4v) is 3.50. The second kappa shape index (κ2) is 8.29. The van der Waals surface area contributed by atoms with E-state index < -0.39 is 6.36 Å². The number of carbonyl (C=O) groups is 1. The maximum Gasteiger partial charge on any atom is 0.573 e. The summed E-state index contributed by atoms with van der Waals surface area (Å²) in [5.74, 6) is -0.00185. The molecule has 0 radical (unpaired) electrons. The Morgan fingerprint density at radius 2 is 1.84 bits per heavy atom. The molecule has 1 amide bonds.